The van der Waals surface area contributed by atoms with E-state index in [0.29, 0.717) is 11.6 Å². The van der Waals surface area contributed by atoms with Crippen molar-refractivity contribution in [1.29, 1.82) is 5.26 Å². The quantitative estimate of drug-likeness (QED) is 0.673. The first-order valence-electron chi connectivity index (χ1n) is 8.95. The van der Waals surface area contributed by atoms with E-state index in [-0.39, 0.29) is 11.2 Å². The van der Waals surface area contributed by atoms with E-state index in [0.717, 1.165) is 53.1 Å². The van der Waals surface area contributed by atoms with Gasteiger partial charge in [0.15, 0.2) is 0 Å². The predicted octanol–water partition coefficient (Wildman–Crippen LogP) is 2.49. The zero-order valence-electron chi connectivity index (χ0n) is 14.7. The zero-order valence-corrected chi connectivity index (χ0v) is 15.5. The van der Waals surface area contributed by atoms with Gasteiger partial charge in [0.25, 0.3) is 5.56 Å². The number of thioether (sulfide) groups is 1. The summed E-state index contributed by atoms with van der Waals surface area (Å²) in [6, 6.07) is 7.75. The summed E-state index contributed by atoms with van der Waals surface area (Å²) in [6.07, 6.45) is 5.76. The molecule has 1 aliphatic carbocycles. The van der Waals surface area contributed by atoms with Gasteiger partial charge in [-0.25, -0.2) is 9.78 Å². The molecule has 0 unspecified atom stereocenters. The molecule has 0 radical (unpaired) electrons. The Morgan fingerprint density at radius 3 is 2.85 bits per heavy atom. The van der Waals surface area contributed by atoms with Crippen LogP contribution in [0.5, 0.6) is 0 Å². The van der Waals surface area contributed by atoms with Crippen molar-refractivity contribution < 1.29 is 0 Å². The van der Waals surface area contributed by atoms with Gasteiger partial charge in [-0.15, -0.1) is 0 Å². The molecule has 2 N–H and O–H groups in total. The number of nitrogens with one attached hydrogen (secondary N) is 2. The maximum atomic E-state index is 11.8. The van der Waals surface area contributed by atoms with Gasteiger partial charge in [-0.05, 0) is 49.6 Å². The summed E-state index contributed by atoms with van der Waals surface area (Å²) in [5.74, 6) is 1.90. The minimum Gasteiger partial charge on any atom is -0.313 e. The van der Waals surface area contributed by atoms with Crippen LogP contribution in [0, 0.1) is 11.3 Å². The molecule has 0 atom stereocenters. The van der Waals surface area contributed by atoms with Crippen molar-refractivity contribution in [1.82, 2.24) is 19.5 Å². The summed E-state index contributed by atoms with van der Waals surface area (Å²) < 4.78 is 1.82. The summed E-state index contributed by atoms with van der Waals surface area (Å²) in [6.45, 7) is 0. The molecule has 0 saturated heterocycles. The summed E-state index contributed by atoms with van der Waals surface area (Å²) in [5, 5.41) is 8.79. The van der Waals surface area contributed by atoms with Crippen LogP contribution in [0.1, 0.15) is 42.1 Å². The maximum Gasteiger partial charge on any atom is 0.326 e. The molecular formula is C19H19N5O2S. The molecule has 5 rings (SSSR count). The minimum absolute atomic E-state index is 0.0298. The number of imidazole rings is 1. The van der Waals surface area contributed by atoms with Crippen molar-refractivity contribution in [3.05, 3.63) is 62.2 Å². The molecule has 3 aromatic rings. The second kappa shape index (κ2) is 7.45. The van der Waals surface area contributed by atoms with E-state index in [4.69, 9.17) is 5.26 Å². The summed E-state index contributed by atoms with van der Waals surface area (Å²) in [5.41, 5.74) is 4.06. The summed E-state index contributed by atoms with van der Waals surface area (Å²) in [4.78, 5) is 32.4. The third kappa shape index (κ3) is 3.43. The Labute approximate surface area is 159 Å². The largest absolute Gasteiger partial charge is 0.326 e. The third-order valence-electron chi connectivity index (χ3n) is 5.05. The molecule has 27 heavy (non-hydrogen) atoms. The van der Waals surface area contributed by atoms with Gasteiger partial charge in [-0.1, -0.05) is 0 Å². The number of aromatic nitrogens is 4. The van der Waals surface area contributed by atoms with E-state index >= 15 is 0 Å². The molecule has 7 nitrogen and oxygen atoms in total. The van der Waals surface area contributed by atoms with Crippen LogP contribution in [-0.2, 0) is 12.2 Å². The van der Waals surface area contributed by atoms with Crippen molar-refractivity contribution in [2.75, 3.05) is 5.75 Å². The van der Waals surface area contributed by atoms with Crippen molar-refractivity contribution in [2.24, 2.45) is 0 Å². The van der Waals surface area contributed by atoms with Gasteiger partial charge in [-0.3, -0.25) is 9.36 Å². The Bertz CT molecular complexity index is 1130. The van der Waals surface area contributed by atoms with Crippen LogP contribution < -0.4 is 11.2 Å². The van der Waals surface area contributed by atoms with Crippen molar-refractivity contribution in [2.45, 2.75) is 37.5 Å². The van der Waals surface area contributed by atoms with Gasteiger partial charge in [0.1, 0.15) is 0 Å². The van der Waals surface area contributed by atoms with Crippen LogP contribution in [0.2, 0.25) is 0 Å². The first kappa shape index (κ1) is 17.6. The predicted molar refractivity (Wildman–Crippen MR) is 105 cm³/mol. The molecule has 1 aromatic carbocycles. The number of nitrogens with zero attached hydrogens (tertiary/aromatic N) is 3. The van der Waals surface area contributed by atoms with Crippen molar-refractivity contribution in [3.63, 3.8) is 0 Å². The van der Waals surface area contributed by atoms with Crippen LogP contribution in [0.25, 0.3) is 11.0 Å². The fraction of sp³-hybridized carbons (Fsp3) is 0.368. The smallest absolute Gasteiger partial charge is 0.313 e. The highest BCUT2D eigenvalue weighted by Crippen LogP contribution is 2.32. The molecule has 0 amide bonds. The molecule has 1 saturated carbocycles. The van der Waals surface area contributed by atoms with Crippen LogP contribution in [0.15, 0.2) is 34.1 Å². The van der Waals surface area contributed by atoms with Gasteiger partial charge in [0.2, 0.25) is 0 Å². The fourth-order valence-corrected chi connectivity index (χ4v) is 4.36. The number of benzene rings is 1. The second-order valence-electron chi connectivity index (χ2n) is 6.69. The normalized spacial score (nSPS) is 16.0. The van der Waals surface area contributed by atoms with E-state index in [1.165, 1.54) is 12.7 Å². The van der Waals surface area contributed by atoms with E-state index in [1.807, 2.05) is 10.6 Å². The van der Waals surface area contributed by atoms with Crippen molar-refractivity contribution in [3.8, 4) is 6.07 Å². The topological polar surface area (TPSA) is 107 Å². The highest BCUT2D eigenvalue weighted by atomic mass is 32.2. The lowest BCUT2D eigenvalue weighted by Gasteiger charge is -2.26. The average molecular weight is 381 g/mol. The number of rotatable bonds is 1. The fourth-order valence-electron chi connectivity index (χ4n) is 3.38. The second-order valence-corrected chi connectivity index (χ2v) is 7.79. The lowest BCUT2D eigenvalue weighted by molar-refractivity contribution is 0.314. The first-order valence-corrected chi connectivity index (χ1v) is 10.1. The lowest BCUT2D eigenvalue weighted by atomic mass is 9.93. The summed E-state index contributed by atoms with van der Waals surface area (Å²) in [7, 11) is 0. The van der Waals surface area contributed by atoms with Crippen LogP contribution in [-0.4, -0.2) is 25.3 Å². The third-order valence-corrected chi connectivity index (χ3v) is 6.04. The maximum absolute atomic E-state index is 11.8. The number of aromatic amines is 2. The molecule has 138 valence electrons. The number of nitriles is 1. The molecule has 3 heterocycles. The lowest BCUT2D eigenvalue weighted by Crippen LogP contribution is -2.26. The Hall–Kier alpha value is -2.79. The van der Waals surface area contributed by atoms with E-state index in [2.05, 4.69) is 21.0 Å². The molecule has 0 spiro atoms. The van der Waals surface area contributed by atoms with Crippen molar-refractivity contribution >= 4 is 22.8 Å². The van der Waals surface area contributed by atoms with Gasteiger partial charge in [0.05, 0.1) is 34.7 Å². The number of H-pyrrole nitrogens is 2. The number of aryl methyl sites for hydroxylation is 1. The van der Waals surface area contributed by atoms with Gasteiger partial charge in [0, 0.05) is 17.4 Å². The minimum atomic E-state index is -0.0604. The standard InChI is InChI=1S/C12H11N3O.C7H8N2OS/c13-7-8-4-5-11-10(6-8)14-12(16)15(11)9-2-1-3-9;10-7-5-3-11-2-1-6(5)8-4-9-7/h4-6,9H,1-3H2,(H,14,16);4H,1-3H2,(H,8,9,10). The van der Waals surface area contributed by atoms with Crippen LogP contribution in [0.3, 0.4) is 0 Å². The Kier molecular flexibility index (Phi) is 4.86. The molecular weight excluding hydrogens is 362 g/mol. The highest BCUT2D eigenvalue weighted by Gasteiger charge is 2.23. The van der Waals surface area contributed by atoms with Crippen LogP contribution in [0.4, 0.5) is 0 Å². The molecule has 0 bridgehead atoms. The number of hydrogen-bond donors (Lipinski definition) is 2. The molecule has 1 fully saturated rings. The zero-order chi connectivity index (χ0) is 18.8. The summed E-state index contributed by atoms with van der Waals surface area (Å²) >= 11 is 1.79. The molecule has 8 heteroatoms. The average Bonchev–Trinajstić information content (AvgIpc) is 2.96. The van der Waals surface area contributed by atoms with Crippen LogP contribution >= 0.6 is 11.8 Å². The Balaban J connectivity index is 0.000000143. The van der Waals surface area contributed by atoms with Gasteiger partial charge >= 0.3 is 5.69 Å². The highest BCUT2D eigenvalue weighted by molar-refractivity contribution is 7.98. The molecule has 2 aliphatic rings. The Morgan fingerprint density at radius 2 is 2.15 bits per heavy atom. The van der Waals surface area contributed by atoms with E-state index < -0.39 is 0 Å². The van der Waals surface area contributed by atoms with E-state index in [9.17, 15) is 9.59 Å². The SMILES string of the molecule is N#Cc1ccc2c(c1)[nH]c(=O)n2C1CCC1.O=c1[nH]cnc2c1CSCC2. The van der Waals surface area contributed by atoms with Gasteiger partial charge < -0.3 is 9.97 Å². The monoisotopic (exact) mass is 381 g/mol. The molecule has 1 aliphatic heterocycles. The molecule has 2 aromatic heterocycles. The van der Waals surface area contributed by atoms with E-state index in [1.54, 1.807) is 23.9 Å². The first-order chi connectivity index (χ1) is 13.2. The van der Waals surface area contributed by atoms with Gasteiger partial charge in [-0.2, -0.15) is 17.0 Å². The number of hydrogen-bond acceptors (Lipinski definition) is 5. The Morgan fingerprint density at radius 1 is 1.30 bits per heavy atom. The number of fused-ring (bicyclic) bond motifs is 2.